The lowest BCUT2D eigenvalue weighted by Crippen LogP contribution is -2.43. The molecule has 0 saturated heterocycles. The molecular weight excluding hydrogens is 472 g/mol. The zero-order valence-electron chi connectivity index (χ0n) is 24.4. The Balaban J connectivity index is 3.65. The molecule has 0 aromatic heterocycles. The fourth-order valence-electron chi connectivity index (χ4n) is 4.90. The van der Waals surface area contributed by atoms with Gasteiger partial charge < -0.3 is 9.38 Å². The predicted octanol–water partition coefficient (Wildman–Crippen LogP) is 7.23. The van der Waals surface area contributed by atoms with Crippen LogP contribution in [0, 0.1) is 0 Å². The highest BCUT2D eigenvalue weighted by molar-refractivity contribution is 7.85. The van der Waals surface area contributed by atoms with Gasteiger partial charge in [0.15, 0.2) is 0 Å². The number of hydrogen-bond donors (Lipinski definition) is 1. The first-order chi connectivity index (χ1) is 17.1. The summed E-state index contributed by atoms with van der Waals surface area (Å²) in [6.45, 7) is 7.32. The molecule has 6 nitrogen and oxygen atoms in total. The Labute approximate surface area is 224 Å². The van der Waals surface area contributed by atoms with Crippen LogP contribution in [0.15, 0.2) is 0 Å². The smallest absolute Gasteiger partial charge is 0.264 e. The lowest BCUT2D eigenvalue weighted by Gasteiger charge is -2.31. The van der Waals surface area contributed by atoms with E-state index in [4.69, 9.17) is 4.55 Å². The molecule has 1 amide bonds. The number of amides is 1. The van der Waals surface area contributed by atoms with Crippen LogP contribution in [-0.2, 0) is 14.9 Å². The fraction of sp³-hybridized carbons (Fsp3) is 0.966. The first-order valence-electron chi connectivity index (χ1n) is 15.1. The van der Waals surface area contributed by atoms with Gasteiger partial charge in [0, 0.05) is 26.4 Å². The van der Waals surface area contributed by atoms with Crippen molar-refractivity contribution in [2.75, 3.05) is 46.0 Å². The molecule has 0 unspecified atom stereocenters. The summed E-state index contributed by atoms with van der Waals surface area (Å²) >= 11 is 0. The molecule has 0 radical (unpaired) electrons. The standard InChI is InChI=1S/C29H60N2O4S/c1-5-6-7-8-9-10-11-12-13-14-15-16-17-18-19-21-26-31(3,4)27-23-25-30(29(2)32)24-20-22-28-36(33,34)35/h5-28H2,1-4H3/p+1. The van der Waals surface area contributed by atoms with Crippen molar-refractivity contribution in [1.29, 1.82) is 0 Å². The number of quaternary nitrogens is 1. The first-order valence-corrected chi connectivity index (χ1v) is 16.7. The number of unbranched alkanes of at least 4 members (excludes halogenated alkanes) is 16. The maximum Gasteiger partial charge on any atom is 0.264 e. The number of hydrogen-bond acceptors (Lipinski definition) is 3. The molecule has 0 aliphatic rings. The van der Waals surface area contributed by atoms with E-state index in [-0.39, 0.29) is 11.7 Å². The Kier molecular flexibility index (Phi) is 21.9. The lowest BCUT2D eigenvalue weighted by molar-refractivity contribution is -0.890. The van der Waals surface area contributed by atoms with Gasteiger partial charge in [-0.15, -0.1) is 0 Å². The van der Waals surface area contributed by atoms with Gasteiger partial charge >= 0.3 is 0 Å². The average Bonchev–Trinajstić information content (AvgIpc) is 2.79. The van der Waals surface area contributed by atoms with Crippen LogP contribution >= 0.6 is 0 Å². The minimum atomic E-state index is -3.91. The monoisotopic (exact) mass is 533 g/mol. The van der Waals surface area contributed by atoms with Gasteiger partial charge in [0.1, 0.15) is 0 Å². The topological polar surface area (TPSA) is 74.7 Å². The second-order valence-corrected chi connectivity index (χ2v) is 13.1. The molecule has 0 fully saturated rings. The quantitative estimate of drug-likeness (QED) is 0.0723. The zero-order chi connectivity index (χ0) is 27.1. The molecule has 0 aliphatic heterocycles. The van der Waals surface area contributed by atoms with Gasteiger partial charge in [-0.1, -0.05) is 96.8 Å². The highest BCUT2D eigenvalue weighted by atomic mass is 32.2. The summed E-state index contributed by atoms with van der Waals surface area (Å²) in [6.07, 6.45) is 24.2. The van der Waals surface area contributed by atoms with Crippen molar-refractivity contribution in [3.8, 4) is 0 Å². The Morgan fingerprint density at radius 3 is 1.44 bits per heavy atom. The zero-order valence-corrected chi connectivity index (χ0v) is 25.3. The predicted molar refractivity (Wildman–Crippen MR) is 154 cm³/mol. The second-order valence-electron chi connectivity index (χ2n) is 11.5. The van der Waals surface area contributed by atoms with E-state index >= 15 is 0 Å². The Bertz CT molecular complexity index is 623. The minimum absolute atomic E-state index is 0.0324. The molecule has 0 rings (SSSR count). The van der Waals surface area contributed by atoms with Crippen LogP contribution in [0.5, 0.6) is 0 Å². The van der Waals surface area contributed by atoms with Crippen molar-refractivity contribution in [2.45, 2.75) is 136 Å². The molecule has 7 heteroatoms. The molecule has 0 saturated carbocycles. The van der Waals surface area contributed by atoms with E-state index in [9.17, 15) is 13.2 Å². The molecular formula is C29H61N2O4S+. The third-order valence-corrected chi connectivity index (χ3v) is 8.14. The van der Waals surface area contributed by atoms with E-state index in [1.807, 2.05) is 0 Å². The van der Waals surface area contributed by atoms with Crippen molar-refractivity contribution in [3.05, 3.63) is 0 Å². The molecule has 0 aromatic rings. The van der Waals surface area contributed by atoms with Crippen LogP contribution in [0.4, 0.5) is 0 Å². The van der Waals surface area contributed by atoms with E-state index in [1.54, 1.807) is 11.8 Å². The van der Waals surface area contributed by atoms with Gasteiger partial charge in [-0.05, 0) is 25.7 Å². The summed E-state index contributed by atoms with van der Waals surface area (Å²) in [5, 5.41) is 0. The second kappa shape index (κ2) is 22.3. The Morgan fingerprint density at radius 1 is 0.639 bits per heavy atom. The molecule has 0 aromatic carbocycles. The summed E-state index contributed by atoms with van der Waals surface area (Å²) in [4.78, 5) is 13.7. The normalized spacial score (nSPS) is 12.2. The van der Waals surface area contributed by atoms with Gasteiger partial charge in [0.05, 0.1) is 32.9 Å². The van der Waals surface area contributed by atoms with Crippen LogP contribution in [0.1, 0.15) is 136 Å². The highest BCUT2D eigenvalue weighted by Crippen LogP contribution is 2.14. The summed E-state index contributed by atoms with van der Waals surface area (Å²) in [5.74, 6) is -0.202. The summed E-state index contributed by atoms with van der Waals surface area (Å²) in [7, 11) is 0.635. The van der Waals surface area contributed by atoms with E-state index in [0.29, 0.717) is 25.9 Å². The van der Waals surface area contributed by atoms with Crippen LogP contribution in [0.3, 0.4) is 0 Å². The number of nitrogens with zero attached hydrogens (tertiary/aromatic N) is 2. The van der Waals surface area contributed by atoms with Gasteiger partial charge in [-0.2, -0.15) is 8.42 Å². The van der Waals surface area contributed by atoms with Crippen LogP contribution < -0.4 is 0 Å². The van der Waals surface area contributed by atoms with Crippen molar-refractivity contribution in [3.63, 3.8) is 0 Å². The molecule has 1 N–H and O–H groups in total. The third kappa shape index (κ3) is 25.0. The van der Waals surface area contributed by atoms with Gasteiger partial charge in [0.25, 0.3) is 10.1 Å². The first kappa shape index (κ1) is 35.3. The highest BCUT2D eigenvalue weighted by Gasteiger charge is 2.16. The van der Waals surface area contributed by atoms with E-state index < -0.39 is 10.1 Å². The maximum absolute atomic E-state index is 11.9. The van der Waals surface area contributed by atoms with Gasteiger partial charge in [-0.25, -0.2) is 0 Å². The molecule has 0 aliphatic carbocycles. The van der Waals surface area contributed by atoms with Crippen molar-refractivity contribution < 1.29 is 22.2 Å². The van der Waals surface area contributed by atoms with E-state index in [0.717, 1.165) is 17.4 Å². The molecule has 0 atom stereocenters. The van der Waals surface area contributed by atoms with Crippen molar-refractivity contribution in [2.24, 2.45) is 0 Å². The lowest BCUT2D eigenvalue weighted by atomic mass is 10.0. The largest absolute Gasteiger partial charge is 0.343 e. The Hall–Kier alpha value is -0.660. The van der Waals surface area contributed by atoms with Gasteiger partial charge in [-0.3, -0.25) is 9.35 Å². The van der Waals surface area contributed by atoms with Crippen molar-refractivity contribution in [1.82, 2.24) is 4.90 Å². The van der Waals surface area contributed by atoms with E-state index in [1.165, 1.54) is 109 Å². The summed E-state index contributed by atoms with van der Waals surface area (Å²) < 4.78 is 31.4. The van der Waals surface area contributed by atoms with Crippen LogP contribution in [0.2, 0.25) is 0 Å². The van der Waals surface area contributed by atoms with E-state index in [2.05, 4.69) is 21.0 Å². The molecule has 36 heavy (non-hydrogen) atoms. The van der Waals surface area contributed by atoms with Crippen LogP contribution in [-0.4, -0.2) is 74.3 Å². The number of carbonyl (C=O) groups is 1. The fourth-order valence-corrected chi connectivity index (χ4v) is 5.47. The van der Waals surface area contributed by atoms with Crippen molar-refractivity contribution >= 4 is 16.0 Å². The molecule has 0 bridgehead atoms. The molecule has 0 spiro atoms. The van der Waals surface area contributed by atoms with Crippen LogP contribution in [0.25, 0.3) is 0 Å². The minimum Gasteiger partial charge on any atom is -0.343 e. The maximum atomic E-state index is 11.9. The van der Waals surface area contributed by atoms with Gasteiger partial charge in [0.2, 0.25) is 5.91 Å². The molecule has 0 heterocycles. The SMILES string of the molecule is CCCCCCCCCCCCCCCCCC[N+](C)(C)CCCN(CCCCS(=O)(=O)O)C(C)=O. The third-order valence-electron chi connectivity index (χ3n) is 7.33. The summed E-state index contributed by atoms with van der Waals surface area (Å²) in [5.41, 5.74) is 0. The molecule has 216 valence electrons. The summed E-state index contributed by atoms with van der Waals surface area (Å²) in [6, 6.07) is 0. The Morgan fingerprint density at radius 2 is 1.03 bits per heavy atom. The number of rotatable bonds is 26. The number of carbonyl (C=O) groups excluding carboxylic acids is 1. The average molecular weight is 534 g/mol.